The van der Waals surface area contributed by atoms with Crippen molar-refractivity contribution in [2.75, 3.05) is 13.2 Å². The fourth-order valence-electron chi connectivity index (χ4n) is 1.51. The van der Waals surface area contributed by atoms with Gasteiger partial charge in [0.1, 0.15) is 6.54 Å². The van der Waals surface area contributed by atoms with E-state index in [9.17, 15) is 14.4 Å². The van der Waals surface area contributed by atoms with Gasteiger partial charge in [0.2, 0.25) is 0 Å². The first-order valence-corrected chi connectivity index (χ1v) is 7.99. The molecule has 1 atom stereocenters. The first-order chi connectivity index (χ1) is 10.4. The van der Waals surface area contributed by atoms with Crippen molar-refractivity contribution in [1.29, 1.82) is 0 Å². The van der Waals surface area contributed by atoms with Crippen LogP contribution in [0, 0.1) is 3.57 Å². The number of hydrogen-bond acceptors (Lipinski definition) is 4. The van der Waals surface area contributed by atoms with E-state index in [1.165, 1.54) is 0 Å². The Balaban J connectivity index is 2.33. The summed E-state index contributed by atoms with van der Waals surface area (Å²) in [6, 6.07) is 7.07. The number of ether oxygens (including phenoxy) is 1. The molecule has 1 aromatic carbocycles. The molecule has 0 bridgehead atoms. The fraction of sp³-hybridized carbons (Fsp3) is 0.400. The molecular weight excluding hydrogens is 399 g/mol. The quantitative estimate of drug-likeness (QED) is 0.519. The zero-order chi connectivity index (χ0) is 16.5. The predicted octanol–water partition coefficient (Wildman–Crippen LogP) is 1.48. The summed E-state index contributed by atoms with van der Waals surface area (Å²) in [5, 5.41) is 5.14. The molecule has 22 heavy (non-hydrogen) atoms. The number of hydrogen-bond donors (Lipinski definition) is 2. The monoisotopic (exact) mass is 418 g/mol. The molecule has 0 spiro atoms. The van der Waals surface area contributed by atoms with Gasteiger partial charge in [0.25, 0.3) is 11.8 Å². The number of carbonyl (C=O) groups is 3. The second kappa shape index (κ2) is 9.39. The summed E-state index contributed by atoms with van der Waals surface area (Å²) in [5.74, 6) is -1.36. The Morgan fingerprint density at radius 1 is 1.27 bits per heavy atom. The zero-order valence-electron chi connectivity index (χ0n) is 12.5. The van der Waals surface area contributed by atoms with Crippen molar-refractivity contribution in [3.05, 3.63) is 33.4 Å². The summed E-state index contributed by atoms with van der Waals surface area (Å²) in [6.45, 7) is 3.18. The number of rotatable bonds is 7. The van der Waals surface area contributed by atoms with Crippen molar-refractivity contribution in [3.63, 3.8) is 0 Å². The third-order valence-corrected chi connectivity index (χ3v) is 3.84. The largest absolute Gasteiger partial charge is 0.454 e. The molecule has 0 aliphatic carbocycles. The Morgan fingerprint density at radius 2 is 1.95 bits per heavy atom. The lowest BCUT2D eigenvalue weighted by molar-refractivity contribution is -0.147. The molecule has 1 rings (SSSR count). The highest BCUT2D eigenvalue weighted by Gasteiger charge is 2.13. The van der Waals surface area contributed by atoms with Gasteiger partial charge in [-0.25, -0.2) is 0 Å². The van der Waals surface area contributed by atoms with Crippen LogP contribution < -0.4 is 10.6 Å². The van der Waals surface area contributed by atoms with Crippen molar-refractivity contribution >= 4 is 40.4 Å². The Labute approximate surface area is 143 Å². The molecule has 2 amide bonds. The maximum absolute atomic E-state index is 11.9. The molecule has 0 aliphatic rings. The first-order valence-electron chi connectivity index (χ1n) is 6.91. The molecule has 120 valence electrons. The average molecular weight is 418 g/mol. The van der Waals surface area contributed by atoms with E-state index in [0.29, 0.717) is 5.56 Å². The minimum atomic E-state index is -0.654. The molecule has 0 aliphatic heterocycles. The van der Waals surface area contributed by atoms with Crippen LogP contribution in [0.15, 0.2) is 24.3 Å². The molecule has 1 aromatic rings. The summed E-state index contributed by atoms with van der Waals surface area (Å²) < 4.78 is 5.59. The Kier molecular flexibility index (Phi) is 7.86. The molecule has 7 heteroatoms. The molecule has 0 aromatic heterocycles. The van der Waals surface area contributed by atoms with Gasteiger partial charge in [-0.1, -0.05) is 19.1 Å². The van der Waals surface area contributed by atoms with Crippen LogP contribution in [0.5, 0.6) is 0 Å². The molecule has 0 fully saturated rings. The van der Waals surface area contributed by atoms with Crippen LogP contribution >= 0.6 is 22.6 Å². The molecule has 2 N–H and O–H groups in total. The number of nitrogens with one attached hydrogen (secondary N) is 2. The van der Waals surface area contributed by atoms with Gasteiger partial charge < -0.3 is 15.4 Å². The third kappa shape index (κ3) is 6.42. The Hall–Kier alpha value is -1.64. The van der Waals surface area contributed by atoms with Crippen LogP contribution in [0.4, 0.5) is 0 Å². The molecule has 0 saturated heterocycles. The van der Waals surface area contributed by atoms with Gasteiger partial charge in [-0.15, -0.1) is 0 Å². The lowest BCUT2D eigenvalue weighted by atomic mass is 10.2. The van der Waals surface area contributed by atoms with Crippen LogP contribution in [-0.2, 0) is 14.3 Å². The molecular formula is C15H19IN2O4. The van der Waals surface area contributed by atoms with Crippen LogP contribution in [0.1, 0.15) is 30.6 Å². The van der Waals surface area contributed by atoms with Crippen LogP contribution in [-0.4, -0.2) is 37.0 Å². The van der Waals surface area contributed by atoms with Crippen LogP contribution in [0.3, 0.4) is 0 Å². The highest BCUT2D eigenvalue weighted by atomic mass is 127. The van der Waals surface area contributed by atoms with Gasteiger partial charge in [0, 0.05) is 9.61 Å². The predicted molar refractivity (Wildman–Crippen MR) is 90.3 cm³/mol. The van der Waals surface area contributed by atoms with E-state index < -0.39 is 5.97 Å². The Bertz CT molecular complexity index is 548. The highest BCUT2D eigenvalue weighted by Crippen LogP contribution is 2.10. The molecule has 0 saturated carbocycles. The number of esters is 1. The second-order valence-electron chi connectivity index (χ2n) is 4.70. The van der Waals surface area contributed by atoms with Crippen molar-refractivity contribution in [1.82, 2.24) is 10.6 Å². The highest BCUT2D eigenvalue weighted by molar-refractivity contribution is 14.1. The van der Waals surface area contributed by atoms with Crippen molar-refractivity contribution in [2.45, 2.75) is 26.3 Å². The van der Waals surface area contributed by atoms with Crippen molar-refractivity contribution in [3.8, 4) is 0 Å². The van der Waals surface area contributed by atoms with Gasteiger partial charge >= 0.3 is 5.97 Å². The number of amides is 2. The maximum Gasteiger partial charge on any atom is 0.325 e. The van der Waals surface area contributed by atoms with Gasteiger partial charge in [-0.2, -0.15) is 0 Å². The topological polar surface area (TPSA) is 84.5 Å². The standard InChI is InChI=1S/C15H19IN2O4/c1-3-10(2)18-13(19)9-22-14(20)8-17-15(21)11-6-4-5-7-12(11)16/h4-7,10H,3,8-9H2,1-2H3,(H,17,21)(H,18,19)/t10-/m0/s1. The van der Waals surface area contributed by atoms with Gasteiger partial charge in [0.15, 0.2) is 6.61 Å². The summed E-state index contributed by atoms with van der Waals surface area (Å²) in [4.78, 5) is 34.8. The number of carbonyl (C=O) groups excluding carboxylic acids is 3. The third-order valence-electron chi connectivity index (χ3n) is 2.90. The van der Waals surface area contributed by atoms with E-state index in [2.05, 4.69) is 10.6 Å². The molecule has 0 heterocycles. The number of halogens is 1. The van der Waals surface area contributed by atoms with Gasteiger partial charge in [-0.05, 0) is 48.1 Å². The summed E-state index contributed by atoms with van der Waals surface area (Å²) in [7, 11) is 0. The fourth-order valence-corrected chi connectivity index (χ4v) is 2.14. The molecule has 6 nitrogen and oxygen atoms in total. The molecule has 0 unspecified atom stereocenters. The minimum absolute atomic E-state index is 0.0334. The normalized spacial score (nSPS) is 11.4. The van der Waals surface area contributed by atoms with Crippen LogP contribution in [0.2, 0.25) is 0 Å². The lowest BCUT2D eigenvalue weighted by Gasteiger charge is -2.11. The van der Waals surface area contributed by atoms with Crippen LogP contribution in [0.25, 0.3) is 0 Å². The summed E-state index contributed by atoms with van der Waals surface area (Å²) in [6.07, 6.45) is 0.797. The second-order valence-corrected chi connectivity index (χ2v) is 5.86. The lowest BCUT2D eigenvalue weighted by Crippen LogP contribution is -2.37. The first kappa shape index (κ1) is 18.4. The van der Waals surface area contributed by atoms with Gasteiger partial charge in [-0.3, -0.25) is 14.4 Å². The average Bonchev–Trinajstić information content (AvgIpc) is 2.50. The van der Waals surface area contributed by atoms with E-state index >= 15 is 0 Å². The molecule has 0 radical (unpaired) electrons. The van der Waals surface area contributed by atoms with Gasteiger partial charge in [0.05, 0.1) is 5.56 Å². The van der Waals surface area contributed by atoms with E-state index in [1.807, 2.05) is 42.5 Å². The smallest absolute Gasteiger partial charge is 0.325 e. The van der Waals surface area contributed by atoms with Crippen molar-refractivity contribution < 1.29 is 19.1 Å². The maximum atomic E-state index is 11.9. The SMILES string of the molecule is CC[C@H](C)NC(=O)COC(=O)CNC(=O)c1ccccc1I. The minimum Gasteiger partial charge on any atom is -0.454 e. The number of benzene rings is 1. The summed E-state index contributed by atoms with van der Waals surface area (Å²) in [5.41, 5.74) is 0.491. The van der Waals surface area contributed by atoms with E-state index in [-0.39, 0.29) is 31.0 Å². The zero-order valence-corrected chi connectivity index (χ0v) is 14.7. The Morgan fingerprint density at radius 3 is 2.59 bits per heavy atom. The van der Waals surface area contributed by atoms with E-state index in [1.54, 1.807) is 18.2 Å². The van der Waals surface area contributed by atoms with E-state index in [0.717, 1.165) is 9.99 Å². The van der Waals surface area contributed by atoms with E-state index in [4.69, 9.17) is 4.74 Å². The van der Waals surface area contributed by atoms with Crippen molar-refractivity contribution in [2.24, 2.45) is 0 Å². The summed E-state index contributed by atoms with van der Waals surface area (Å²) >= 11 is 2.04.